The lowest BCUT2D eigenvalue weighted by molar-refractivity contribution is 0.0203. The van der Waals surface area contributed by atoms with E-state index in [4.69, 9.17) is 10.00 Å². The number of carbonyl (C=O) groups is 1. The van der Waals surface area contributed by atoms with Crippen LogP contribution in [0.15, 0.2) is 34.2 Å². The molecule has 9 nitrogen and oxygen atoms in total. The molecule has 0 atom stereocenters. The van der Waals surface area contributed by atoms with Crippen LogP contribution in [0.25, 0.3) is 0 Å². The number of thioether (sulfide) groups is 1. The topological polar surface area (TPSA) is 124 Å². The lowest BCUT2D eigenvalue weighted by Gasteiger charge is -2.33. The number of amidine groups is 1. The number of nitriles is 1. The maximum atomic E-state index is 12.7. The predicted molar refractivity (Wildman–Crippen MR) is 117 cm³/mol. The largest absolute Gasteiger partial charge is 0.444 e. The fourth-order valence-electron chi connectivity index (χ4n) is 2.78. The summed E-state index contributed by atoms with van der Waals surface area (Å²) in [4.78, 5) is 18.1. The smallest absolute Gasteiger partial charge is 0.410 e. The summed E-state index contributed by atoms with van der Waals surface area (Å²) >= 11 is 1.28. The van der Waals surface area contributed by atoms with Gasteiger partial charge < -0.3 is 9.64 Å². The van der Waals surface area contributed by atoms with Crippen molar-refractivity contribution in [1.29, 1.82) is 5.26 Å². The van der Waals surface area contributed by atoms with Crippen LogP contribution >= 0.6 is 11.8 Å². The Balaban J connectivity index is 1.96. The van der Waals surface area contributed by atoms with Gasteiger partial charge in [-0.1, -0.05) is 11.8 Å². The third kappa shape index (κ3) is 7.19. The standard InChI is InChI=1S/C19H27N5O4S2/c1-19(2,3)28-18(25)24-11-9-15(10-12-24)23-30(26,27)16-7-5-14(6-8-16)22-17(29-4)21-13-20/h5-8,15,23H,9-12H2,1-4H3,(H,21,22). The molecule has 164 valence electrons. The van der Waals surface area contributed by atoms with Crippen molar-refractivity contribution in [3.63, 3.8) is 0 Å². The van der Waals surface area contributed by atoms with Gasteiger partial charge in [0.1, 0.15) is 5.60 Å². The van der Waals surface area contributed by atoms with Gasteiger partial charge in [-0.05, 0) is 64.1 Å². The molecule has 0 unspecified atom stereocenters. The number of hydrogen-bond donors (Lipinski definition) is 2. The minimum absolute atomic E-state index is 0.134. The van der Waals surface area contributed by atoms with Crippen LogP contribution in [0.1, 0.15) is 33.6 Å². The molecule has 2 N–H and O–H groups in total. The lowest BCUT2D eigenvalue weighted by atomic mass is 10.1. The van der Waals surface area contributed by atoms with Crippen molar-refractivity contribution in [2.24, 2.45) is 4.99 Å². The number of amides is 1. The van der Waals surface area contributed by atoms with Crippen LogP contribution in [0.3, 0.4) is 0 Å². The normalized spacial score (nSPS) is 16.1. The Labute approximate surface area is 181 Å². The molecule has 1 fully saturated rings. The molecule has 1 saturated heterocycles. The summed E-state index contributed by atoms with van der Waals surface area (Å²) in [5.41, 5.74) is -0.0285. The molecule has 1 aliphatic heterocycles. The number of likely N-dealkylation sites (tertiary alicyclic amines) is 1. The Morgan fingerprint density at radius 2 is 1.87 bits per heavy atom. The van der Waals surface area contributed by atoms with E-state index in [1.165, 1.54) is 23.9 Å². The molecule has 30 heavy (non-hydrogen) atoms. The summed E-state index contributed by atoms with van der Waals surface area (Å²) in [5.74, 6) is 0. The molecule has 2 rings (SSSR count). The molecular formula is C19H27N5O4S2. The summed E-state index contributed by atoms with van der Waals surface area (Å²) in [5, 5.41) is 11.6. The highest BCUT2D eigenvalue weighted by Crippen LogP contribution is 2.20. The van der Waals surface area contributed by atoms with Gasteiger partial charge in [0.25, 0.3) is 0 Å². The average Bonchev–Trinajstić information content (AvgIpc) is 2.67. The number of nitrogens with one attached hydrogen (secondary N) is 2. The number of piperidine rings is 1. The van der Waals surface area contributed by atoms with Gasteiger partial charge in [-0.25, -0.2) is 22.9 Å². The maximum Gasteiger partial charge on any atom is 0.410 e. The zero-order valence-electron chi connectivity index (χ0n) is 17.5. The van der Waals surface area contributed by atoms with E-state index in [1.54, 1.807) is 29.5 Å². The third-order valence-corrected chi connectivity index (χ3v) is 6.32. The number of carbonyl (C=O) groups excluding carboxylic acids is 1. The average molecular weight is 454 g/mol. The van der Waals surface area contributed by atoms with Crippen molar-refractivity contribution < 1.29 is 17.9 Å². The molecule has 1 aromatic rings. The molecule has 1 aliphatic rings. The second-order valence-electron chi connectivity index (χ2n) is 7.71. The zero-order chi connectivity index (χ0) is 22.4. The van der Waals surface area contributed by atoms with Crippen LogP contribution in [0.2, 0.25) is 0 Å². The first kappa shape index (κ1) is 24.0. The maximum absolute atomic E-state index is 12.7. The summed E-state index contributed by atoms with van der Waals surface area (Å²) in [6.07, 6.45) is 4.22. The summed E-state index contributed by atoms with van der Waals surface area (Å²) in [7, 11) is -3.69. The number of nitrogens with zero attached hydrogens (tertiary/aromatic N) is 3. The van der Waals surface area contributed by atoms with Crippen LogP contribution in [0.5, 0.6) is 0 Å². The summed E-state index contributed by atoms with van der Waals surface area (Å²) in [6, 6.07) is 5.85. The molecule has 1 heterocycles. The van der Waals surface area contributed by atoms with Gasteiger partial charge in [-0.2, -0.15) is 5.26 Å². The van der Waals surface area contributed by atoms with Crippen molar-refractivity contribution in [3.05, 3.63) is 24.3 Å². The van der Waals surface area contributed by atoms with E-state index in [-0.39, 0.29) is 17.0 Å². The lowest BCUT2D eigenvalue weighted by Crippen LogP contribution is -2.47. The molecule has 1 amide bonds. The quantitative estimate of drug-likeness (QED) is 0.311. The molecule has 0 aliphatic carbocycles. The summed E-state index contributed by atoms with van der Waals surface area (Å²) < 4.78 is 33.4. The SMILES string of the molecule is CSC(=Nc1ccc(S(=O)(=O)NC2CCN(C(=O)OC(C)(C)C)CC2)cc1)NC#N. The van der Waals surface area contributed by atoms with E-state index in [9.17, 15) is 13.2 Å². The van der Waals surface area contributed by atoms with Crippen LogP contribution < -0.4 is 10.0 Å². The monoisotopic (exact) mass is 453 g/mol. The van der Waals surface area contributed by atoms with E-state index in [0.29, 0.717) is 36.8 Å². The number of ether oxygens (including phenoxy) is 1. The molecule has 0 spiro atoms. The van der Waals surface area contributed by atoms with E-state index < -0.39 is 15.6 Å². The highest BCUT2D eigenvalue weighted by molar-refractivity contribution is 8.13. The number of sulfonamides is 1. The first-order chi connectivity index (χ1) is 14.0. The number of benzene rings is 1. The highest BCUT2D eigenvalue weighted by Gasteiger charge is 2.29. The van der Waals surface area contributed by atoms with Crippen LogP contribution in [0.4, 0.5) is 10.5 Å². The molecule has 0 saturated carbocycles. The van der Waals surface area contributed by atoms with Crippen molar-refractivity contribution in [2.75, 3.05) is 19.3 Å². The van der Waals surface area contributed by atoms with Gasteiger partial charge in [0.15, 0.2) is 11.4 Å². The van der Waals surface area contributed by atoms with Crippen molar-refractivity contribution in [3.8, 4) is 6.19 Å². The Hall–Kier alpha value is -2.29. The predicted octanol–water partition coefficient (Wildman–Crippen LogP) is 2.79. The van der Waals surface area contributed by atoms with Crippen molar-refractivity contribution >= 4 is 38.7 Å². The van der Waals surface area contributed by atoms with E-state index >= 15 is 0 Å². The Kier molecular flexibility index (Phi) is 8.11. The van der Waals surface area contributed by atoms with Crippen LogP contribution in [0, 0.1) is 11.5 Å². The summed E-state index contributed by atoms with van der Waals surface area (Å²) in [6.45, 7) is 6.29. The fourth-order valence-corrected chi connectivity index (χ4v) is 4.43. The van der Waals surface area contributed by atoms with Crippen molar-refractivity contribution in [2.45, 2.75) is 50.2 Å². The van der Waals surface area contributed by atoms with Gasteiger partial charge in [-0.15, -0.1) is 0 Å². The Morgan fingerprint density at radius 1 is 1.27 bits per heavy atom. The number of hydrogen-bond acceptors (Lipinski definition) is 7. The second-order valence-corrected chi connectivity index (χ2v) is 10.2. The van der Waals surface area contributed by atoms with Crippen LogP contribution in [-0.2, 0) is 14.8 Å². The molecule has 11 heteroatoms. The fraction of sp³-hybridized carbons (Fsp3) is 0.526. The molecule has 0 radical (unpaired) electrons. The van der Waals surface area contributed by atoms with Crippen LogP contribution in [-0.4, -0.2) is 55.6 Å². The minimum atomic E-state index is -3.69. The first-order valence-corrected chi connectivity index (χ1v) is 12.1. The first-order valence-electron chi connectivity index (χ1n) is 9.42. The van der Waals surface area contributed by atoms with Gasteiger partial charge in [0.2, 0.25) is 10.0 Å². The highest BCUT2D eigenvalue weighted by atomic mass is 32.2. The van der Waals surface area contributed by atoms with Gasteiger partial charge in [0.05, 0.1) is 10.6 Å². The molecule has 1 aromatic carbocycles. The molecule has 0 aromatic heterocycles. The minimum Gasteiger partial charge on any atom is -0.444 e. The molecular weight excluding hydrogens is 426 g/mol. The second kappa shape index (κ2) is 10.1. The molecule has 0 bridgehead atoms. The third-order valence-electron chi connectivity index (χ3n) is 4.20. The number of rotatable bonds is 4. The Morgan fingerprint density at radius 3 is 2.37 bits per heavy atom. The van der Waals surface area contributed by atoms with E-state index in [2.05, 4.69) is 15.0 Å². The van der Waals surface area contributed by atoms with E-state index in [0.717, 1.165) is 0 Å². The van der Waals surface area contributed by atoms with Gasteiger partial charge >= 0.3 is 6.09 Å². The van der Waals surface area contributed by atoms with Gasteiger partial charge in [-0.3, -0.25) is 5.32 Å². The van der Waals surface area contributed by atoms with Gasteiger partial charge in [0, 0.05) is 19.1 Å². The Bertz CT molecular complexity index is 910. The van der Waals surface area contributed by atoms with Crippen molar-refractivity contribution in [1.82, 2.24) is 14.9 Å². The van der Waals surface area contributed by atoms with E-state index in [1.807, 2.05) is 20.8 Å². The number of aliphatic imine (C=N–C) groups is 1. The zero-order valence-corrected chi connectivity index (χ0v) is 19.1.